The summed E-state index contributed by atoms with van der Waals surface area (Å²) in [6.07, 6.45) is -13.2. The summed E-state index contributed by atoms with van der Waals surface area (Å²) in [5.41, 5.74) is 0. The molecule has 0 aliphatic carbocycles. The Hall–Kier alpha value is -2.98. The Morgan fingerprint density at radius 2 is 1.18 bits per heavy atom. The third kappa shape index (κ3) is 12.6. The Morgan fingerprint density at radius 1 is 0.706 bits per heavy atom. The molecule has 3 rings (SSSR count). The van der Waals surface area contributed by atoms with Gasteiger partial charge in [0.25, 0.3) is 11.8 Å². The van der Waals surface area contributed by atoms with E-state index in [-0.39, 0.29) is 95.5 Å². The molecule has 3 heterocycles. The van der Waals surface area contributed by atoms with Crippen LogP contribution in [0.3, 0.4) is 0 Å². The number of hydroxylamine groups is 2. The zero-order valence-corrected chi connectivity index (χ0v) is 28.7. The average Bonchev–Trinajstić information content (AvgIpc) is 3.40. The number of aliphatic hydroxyl groups is 6. The van der Waals surface area contributed by atoms with Crippen molar-refractivity contribution in [3.8, 4) is 0 Å². The van der Waals surface area contributed by atoms with Crippen LogP contribution in [0.4, 0.5) is 0 Å². The molecule has 51 heavy (non-hydrogen) atoms. The van der Waals surface area contributed by atoms with Crippen LogP contribution < -0.4 is 5.32 Å². The molecule has 0 aromatic rings. The lowest BCUT2D eigenvalue weighted by molar-refractivity contribution is -0.293. The maximum atomic E-state index is 13.1. The van der Waals surface area contributed by atoms with Gasteiger partial charge in [-0.1, -0.05) is 0 Å². The first-order valence-electron chi connectivity index (χ1n) is 17.1. The Balaban J connectivity index is 1.46. The van der Waals surface area contributed by atoms with Crippen LogP contribution in [0.5, 0.6) is 0 Å². The molecule has 19 nitrogen and oxygen atoms in total. The lowest BCUT2D eigenvalue weighted by Gasteiger charge is -2.38. The number of rotatable bonds is 20. The van der Waals surface area contributed by atoms with Gasteiger partial charge in [0, 0.05) is 51.5 Å². The van der Waals surface area contributed by atoms with Crippen LogP contribution in [0.1, 0.15) is 78.1 Å². The molecule has 3 aliphatic rings. The molecule has 3 aliphatic heterocycles. The van der Waals surface area contributed by atoms with Gasteiger partial charge in [0.05, 0.1) is 31.3 Å². The van der Waals surface area contributed by atoms with E-state index in [0.717, 1.165) is 0 Å². The first kappa shape index (κ1) is 42.4. The van der Waals surface area contributed by atoms with E-state index in [1.807, 2.05) is 0 Å². The minimum absolute atomic E-state index is 0.0320. The molecule has 0 radical (unpaired) electrons. The normalized spacial score (nSPS) is 31.7. The third-order valence-electron chi connectivity index (χ3n) is 8.79. The molecule has 3 saturated heterocycles. The summed E-state index contributed by atoms with van der Waals surface area (Å²) < 4.78 is 21.6. The highest BCUT2D eigenvalue weighted by molar-refractivity contribution is 6.01. The number of carbonyl (C=O) groups excluding carboxylic acids is 6. The second kappa shape index (κ2) is 20.3. The van der Waals surface area contributed by atoms with Gasteiger partial charge in [-0.3, -0.25) is 24.0 Å². The second-order valence-electron chi connectivity index (χ2n) is 12.9. The Bertz CT molecular complexity index is 1200. The Labute approximate surface area is 294 Å². The van der Waals surface area contributed by atoms with E-state index in [9.17, 15) is 59.4 Å². The van der Waals surface area contributed by atoms with Crippen molar-refractivity contribution in [1.82, 2.24) is 10.4 Å². The standard InChI is InChI=1S/C32H50N2O17/c1-16-24(40)26(42)28(44)31(49-16)47-12-5-7-20(36)15-18(30(46)33-11-13-48-32-29(45)27(43)25(41)17(2)50-32)14-19(35)6-3-4-8-23(39)51-34-21(37)9-10-22(34)38/h16-18,24-29,31-32,40-45H,3-15H2,1-2H3,(H,33,46)/t16-,17-,18-,24+,25+,26+,27+,28-,29-,31+,32+/m0/s1. The second-order valence-corrected chi connectivity index (χ2v) is 12.9. The summed E-state index contributed by atoms with van der Waals surface area (Å²) >= 11 is 0. The van der Waals surface area contributed by atoms with Crippen LogP contribution in [0.15, 0.2) is 0 Å². The number of Topliss-reactive ketones (excluding diaryl/α,β-unsaturated/α-hetero) is 2. The first-order valence-corrected chi connectivity index (χ1v) is 17.1. The van der Waals surface area contributed by atoms with Crippen molar-refractivity contribution >= 4 is 35.3 Å². The molecular weight excluding hydrogens is 684 g/mol. The van der Waals surface area contributed by atoms with E-state index in [4.69, 9.17) is 23.8 Å². The minimum atomic E-state index is -1.54. The van der Waals surface area contributed by atoms with E-state index in [1.165, 1.54) is 13.8 Å². The van der Waals surface area contributed by atoms with Crippen LogP contribution >= 0.6 is 0 Å². The van der Waals surface area contributed by atoms with Crippen molar-refractivity contribution in [3.05, 3.63) is 0 Å². The molecule has 3 fully saturated rings. The van der Waals surface area contributed by atoms with E-state index in [2.05, 4.69) is 5.32 Å². The van der Waals surface area contributed by atoms with Crippen LogP contribution in [0.2, 0.25) is 0 Å². The van der Waals surface area contributed by atoms with Crippen LogP contribution in [0.25, 0.3) is 0 Å². The van der Waals surface area contributed by atoms with Crippen molar-refractivity contribution in [1.29, 1.82) is 0 Å². The van der Waals surface area contributed by atoms with Crippen LogP contribution in [0, 0.1) is 5.92 Å². The predicted molar refractivity (Wildman–Crippen MR) is 167 cm³/mol. The largest absolute Gasteiger partial charge is 0.388 e. The van der Waals surface area contributed by atoms with Gasteiger partial charge in [0.1, 0.15) is 48.2 Å². The van der Waals surface area contributed by atoms with E-state index < -0.39 is 91.0 Å². The number of aliphatic hydroxyl groups excluding tert-OH is 6. The molecule has 19 heteroatoms. The van der Waals surface area contributed by atoms with Crippen LogP contribution in [-0.2, 0) is 52.6 Å². The molecular formula is C32H50N2O17. The number of ether oxygens (including phenoxy) is 4. The molecule has 0 saturated carbocycles. The fourth-order valence-corrected chi connectivity index (χ4v) is 5.67. The molecule has 11 atom stereocenters. The van der Waals surface area contributed by atoms with Crippen molar-refractivity contribution in [2.24, 2.45) is 5.92 Å². The average molecular weight is 735 g/mol. The highest BCUT2D eigenvalue weighted by atomic mass is 16.7. The summed E-state index contributed by atoms with van der Waals surface area (Å²) in [6, 6.07) is 0. The van der Waals surface area contributed by atoms with Gasteiger partial charge in [0.15, 0.2) is 12.6 Å². The number of nitrogens with zero attached hydrogens (tertiary/aromatic N) is 1. The fraction of sp³-hybridized carbons (Fsp3) is 0.812. The molecule has 290 valence electrons. The number of carbonyl (C=O) groups is 6. The SMILES string of the molecule is C[C@@H]1O[C@@H](OCCCC(=O)C[C@H](CC(=O)CCCCC(=O)ON2C(=O)CCC2=O)C(=O)NCCO[C@@H]2O[C@@H](C)[C@@H](O)[C@@H](O)[C@@H]2O)[C@@H](O)[C@H](O)[C@@H]1O. The lowest BCUT2D eigenvalue weighted by atomic mass is 9.92. The summed E-state index contributed by atoms with van der Waals surface area (Å²) in [7, 11) is 0. The topological polar surface area (TPSA) is 285 Å². The monoisotopic (exact) mass is 734 g/mol. The van der Waals surface area contributed by atoms with Gasteiger partial charge >= 0.3 is 5.97 Å². The number of unbranched alkanes of at least 4 members (excludes halogenated alkanes) is 1. The molecule has 3 amide bonds. The zero-order valence-electron chi connectivity index (χ0n) is 28.7. The number of ketones is 2. The van der Waals surface area contributed by atoms with Crippen molar-refractivity contribution in [3.63, 3.8) is 0 Å². The number of amides is 3. The van der Waals surface area contributed by atoms with Gasteiger partial charge < -0.3 is 59.7 Å². The quantitative estimate of drug-likeness (QED) is 0.0494. The Morgan fingerprint density at radius 3 is 1.71 bits per heavy atom. The number of hydrogen-bond acceptors (Lipinski definition) is 17. The summed E-state index contributed by atoms with van der Waals surface area (Å²) in [5.74, 6) is -4.46. The van der Waals surface area contributed by atoms with Gasteiger partial charge in [0.2, 0.25) is 5.91 Å². The molecule has 0 spiro atoms. The third-order valence-corrected chi connectivity index (χ3v) is 8.79. The lowest BCUT2D eigenvalue weighted by Crippen LogP contribution is -2.57. The highest BCUT2D eigenvalue weighted by Gasteiger charge is 2.43. The van der Waals surface area contributed by atoms with Gasteiger partial charge in [-0.05, 0) is 33.1 Å². The summed E-state index contributed by atoms with van der Waals surface area (Å²) in [4.78, 5) is 78.9. The minimum Gasteiger partial charge on any atom is -0.388 e. The number of imide groups is 1. The molecule has 0 aromatic carbocycles. The van der Waals surface area contributed by atoms with Gasteiger partial charge in [-0.2, -0.15) is 0 Å². The van der Waals surface area contributed by atoms with Gasteiger partial charge in [-0.15, -0.1) is 5.06 Å². The van der Waals surface area contributed by atoms with Crippen molar-refractivity contribution in [2.75, 3.05) is 19.8 Å². The van der Waals surface area contributed by atoms with Crippen LogP contribution in [-0.4, -0.2) is 152 Å². The highest BCUT2D eigenvalue weighted by Crippen LogP contribution is 2.23. The predicted octanol–water partition coefficient (Wildman–Crippen LogP) is -2.73. The molecule has 7 N–H and O–H groups in total. The van der Waals surface area contributed by atoms with Crippen molar-refractivity contribution in [2.45, 2.75) is 139 Å². The summed E-state index contributed by atoms with van der Waals surface area (Å²) in [6.45, 7) is 2.63. The smallest absolute Gasteiger partial charge is 0.333 e. The summed E-state index contributed by atoms with van der Waals surface area (Å²) in [5, 5.41) is 62.7. The molecule has 0 aromatic heterocycles. The van der Waals surface area contributed by atoms with Crippen molar-refractivity contribution < 1.29 is 83.2 Å². The fourth-order valence-electron chi connectivity index (χ4n) is 5.67. The molecule has 0 bridgehead atoms. The molecule has 0 unspecified atom stereocenters. The van der Waals surface area contributed by atoms with Gasteiger partial charge in [-0.25, -0.2) is 4.79 Å². The number of nitrogens with one attached hydrogen (secondary N) is 1. The maximum Gasteiger partial charge on any atom is 0.333 e. The van der Waals surface area contributed by atoms with E-state index in [1.54, 1.807) is 0 Å². The van der Waals surface area contributed by atoms with E-state index >= 15 is 0 Å². The maximum absolute atomic E-state index is 13.1. The van der Waals surface area contributed by atoms with E-state index in [0.29, 0.717) is 5.06 Å². The first-order chi connectivity index (χ1) is 24.1. The number of hydrogen-bond donors (Lipinski definition) is 7. The Kier molecular flexibility index (Phi) is 16.9. The zero-order chi connectivity index (χ0) is 37.8.